The molecule has 1 aliphatic rings. The van der Waals surface area contributed by atoms with E-state index in [1.807, 2.05) is 24.9 Å². The molecule has 18 heavy (non-hydrogen) atoms. The molecule has 0 aliphatic carbocycles. The Hall–Kier alpha value is -1.75. The van der Waals surface area contributed by atoms with Gasteiger partial charge in [0.15, 0.2) is 0 Å². The van der Waals surface area contributed by atoms with Crippen LogP contribution in [0.15, 0.2) is 31.2 Å². The number of aromatic nitrogens is 4. The van der Waals surface area contributed by atoms with Crippen LogP contribution in [-0.4, -0.2) is 25.6 Å². The number of imidazole rings is 1. The first-order valence-corrected chi connectivity index (χ1v) is 6.38. The maximum absolute atomic E-state index is 4.27. The van der Waals surface area contributed by atoms with Gasteiger partial charge in [0.1, 0.15) is 6.33 Å². The lowest BCUT2D eigenvalue weighted by molar-refractivity contribution is 0.334. The Kier molecular flexibility index (Phi) is 3.06. The first-order chi connectivity index (χ1) is 8.84. The molecule has 2 aromatic rings. The summed E-state index contributed by atoms with van der Waals surface area (Å²) in [5, 5.41) is 3.63. The summed E-state index contributed by atoms with van der Waals surface area (Å²) in [6, 6.07) is 0.940. The number of nitrogens with one attached hydrogen (secondary N) is 1. The summed E-state index contributed by atoms with van der Waals surface area (Å²) < 4.78 is 2.07. The van der Waals surface area contributed by atoms with Gasteiger partial charge in [-0.3, -0.25) is 4.57 Å². The Balaban J connectivity index is 1.92. The Morgan fingerprint density at radius 2 is 2.00 bits per heavy atom. The summed E-state index contributed by atoms with van der Waals surface area (Å²) in [5.74, 6) is 0. The van der Waals surface area contributed by atoms with Crippen molar-refractivity contribution in [3.8, 4) is 5.69 Å². The molecule has 0 bridgehead atoms. The van der Waals surface area contributed by atoms with Gasteiger partial charge in [-0.1, -0.05) is 0 Å². The number of hydrogen-bond donors (Lipinski definition) is 1. The van der Waals surface area contributed by atoms with Gasteiger partial charge in [-0.2, -0.15) is 0 Å². The highest BCUT2D eigenvalue weighted by molar-refractivity contribution is 5.28. The van der Waals surface area contributed by atoms with Crippen LogP contribution in [0.3, 0.4) is 0 Å². The first kappa shape index (κ1) is 11.3. The summed E-state index contributed by atoms with van der Waals surface area (Å²) in [6.45, 7) is 2.23. The highest BCUT2D eigenvalue weighted by Gasteiger charge is 2.22. The zero-order valence-electron chi connectivity index (χ0n) is 10.5. The van der Waals surface area contributed by atoms with Crippen LogP contribution in [0, 0.1) is 0 Å². The standard InChI is InChI=1S/C13H17N5/c1-10-3-2-4-12(17-10)13-7-16-9-18(13)11-5-14-8-15-6-11/h5-10,12,17H,2-4H2,1H3. The largest absolute Gasteiger partial charge is 0.306 e. The summed E-state index contributed by atoms with van der Waals surface area (Å²) in [5.41, 5.74) is 2.15. The monoisotopic (exact) mass is 243 g/mol. The first-order valence-electron chi connectivity index (χ1n) is 6.38. The SMILES string of the molecule is CC1CCCC(c2cncn2-c2cncnc2)N1. The fourth-order valence-corrected chi connectivity index (χ4v) is 2.57. The van der Waals surface area contributed by atoms with Crippen LogP contribution in [-0.2, 0) is 0 Å². The van der Waals surface area contributed by atoms with Gasteiger partial charge in [-0.05, 0) is 26.2 Å². The van der Waals surface area contributed by atoms with E-state index in [1.165, 1.54) is 18.5 Å². The number of rotatable bonds is 2. The Morgan fingerprint density at radius 1 is 1.17 bits per heavy atom. The summed E-state index contributed by atoms with van der Waals surface area (Å²) >= 11 is 0. The van der Waals surface area contributed by atoms with Gasteiger partial charge in [0.25, 0.3) is 0 Å². The number of piperidine rings is 1. The molecular weight excluding hydrogens is 226 g/mol. The van der Waals surface area contributed by atoms with Crippen LogP contribution >= 0.6 is 0 Å². The third kappa shape index (κ3) is 2.13. The highest BCUT2D eigenvalue weighted by atomic mass is 15.1. The average Bonchev–Trinajstić information content (AvgIpc) is 2.89. The van der Waals surface area contributed by atoms with Gasteiger partial charge in [-0.25, -0.2) is 15.0 Å². The van der Waals surface area contributed by atoms with E-state index in [-0.39, 0.29) is 0 Å². The van der Waals surface area contributed by atoms with Crippen LogP contribution in [0.4, 0.5) is 0 Å². The molecule has 0 aromatic carbocycles. The van der Waals surface area contributed by atoms with Crippen molar-refractivity contribution in [2.24, 2.45) is 0 Å². The molecule has 0 radical (unpaired) electrons. The molecule has 0 saturated carbocycles. The number of nitrogens with zero attached hydrogens (tertiary/aromatic N) is 4. The van der Waals surface area contributed by atoms with Crippen LogP contribution in [0.1, 0.15) is 37.9 Å². The van der Waals surface area contributed by atoms with Crippen LogP contribution in [0.25, 0.3) is 5.69 Å². The molecule has 5 heteroatoms. The van der Waals surface area contributed by atoms with E-state index in [1.54, 1.807) is 6.33 Å². The molecular formula is C13H17N5. The van der Waals surface area contributed by atoms with Gasteiger partial charge < -0.3 is 5.32 Å². The van der Waals surface area contributed by atoms with Crippen molar-refractivity contribution in [1.29, 1.82) is 0 Å². The van der Waals surface area contributed by atoms with Crippen molar-refractivity contribution in [1.82, 2.24) is 24.8 Å². The van der Waals surface area contributed by atoms with E-state index in [0.29, 0.717) is 12.1 Å². The van der Waals surface area contributed by atoms with Crippen LogP contribution in [0.5, 0.6) is 0 Å². The molecule has 94 valence electrons. The van der Waals surface area contributed by atoms with Crippen molar-refractivity contribution in [2.45, 2.75) is 38.3 Å². The fraction of sp³-hybridized carbons (Fsp3) is 0.462. The molecule has 2 aromatic heterocycles. The van der Waals surface area contributed by atoms with Crippen molar-refractivity contribution in [2.75, 3.05) is 0 Å². The van der Waals surface area contributed by atoms with Gasteiger partial charge in [0.05, 0.1) is 36.3 Å². The second kappa shape index (κ2) is 4.86. The van der Waals surface area contributed by atoms with Crippen LogP contribution < -0.4 is 5.32 Å². The maximum Gasteiger partial charge on any atom is 0.115 e. The van der Waals surface area contributed by atoms with Crippen LogP contribution in [0.2, 0.25) is 0 Å². The van der Waals surface area contributed by atoms with E-state index < -0.39 is 0 Å². The zero-order valence-corrected chi connectivity index (χ0v) is 10.5. The van der Waals surface area contributed by atoms with E-state index in [4.69, 9.17) is 0 Å². The zero-order chi connectivity index (χ0) is 12.4. The minimum absolute atomic E-state index is 0.372. The Morgan fingerprint density at radius 3 is 2.78 bits per heavy atom. The molecule has 0 spiro atoms. The van der Waals surface area contributed by atoms with Crippen molar-refractivity contribution in [3.63, 3.8) is 0 Å². The minimum Gasteiger partial charge on any atom is -0.306 e. The third-order valence-corrected chi connectivity index (χ3v) is 3.46. The van der Waals surface area contributed by atoms with E-state index in [0.717, 1.165) is 12.1 Å². The van der Waals surface area contributed by atoms with Crippen molar-refractivity contribution in [3.05, 3.63) is 36.9 Å². The molecule has 2 unspecified atom stereocenters. The molecule has 1 fully saturated rings. The molecule has 3 heterocycles. The minimum atomic E-state index is 0.372. The van der Waals surface area contributed by atoms with E-state index in [2.05, 4.69) is 31.8 Å². The maximum atomic E-state index is 4.27. The summed E-state index contributed by atoms with van der Waals surface area (Å²) in [7, 11) is 0. The lowest BCUT2D eigenvalue weighted by Crippen LogP contribution is -2.35. The molecule has 0 amide bonds. The predicted octanol–water partition coefficient (Wildman–Crippen LogP) is 1.87. The summed E-state index contributed by atoms with van der Waals surface area (Å²) in [6.07, 6.45) is 12.6. The second-order valence-electron chi connectivity index (χ2n) is 4.84. The lowest BCUT2D eigenvalue weighted by Gasteiger charge is -2.29. The van der Waals surface area contributed by atoms with E-state index in [9.17, 15) is 0 Å². The second-order valence-corrected chi connectivity index (χ2v) is 4.84. The molecule has 1 N–H and O–H groups in total. The van der Waals surface area contributed by atoms with Gasteiger partial charge in [0, 0.05) is 12.1 Å². The van der Waals surface area contributed by atoms with Gasteiger partial charge in [0.2, 0.25) is 0 Å². The Labute approximate surface area is 106 Å². The highest BCUT2D eigenvalue weighted by Crippen LogP contribution is 2.26. The van der Waals surface area contributed by atoms with Crippen molar-refractivity contribution >= 4 is 0 Å². The lowest BCUT2D eigenvalue weighted by atomic mass is 9.97. The molecule has 3 rings (SSSR count). The molecule has 1 aliphatic heterocycles. The quantitative estimate of drug-likeness (QED) is 0.874. The van der Waals surface area contributed by atoms with E-state index >= 15 is 0 Å². The average molecular weight is 243 g/mol. The Bertz CT molecular complexity index is 507. The van der Waals surface area contributed by atoms with Gasteiger partial charge >= 0.3 is 0 Å². The molecule has 5 nitrogen and oxygen atoms in total. The third-order valence-electron chi connectivity index (χ3n) is 3.46. The fourth-order valence-electron chi connectivity index (χ4n) is 2.57. The molecule has 2 atom stereocenters. The topological polar surface area (TPSA) is 55.6 Å². The van der Waals surface area contributed by atoms with Crippen molar-refractivity contribution < 1.29 is 0 Å². The number of hydrogen-bond acceptors (Lipinski definition) is 4. The smallest absolute Gasteiger partial charge is 0.115 e. The molecule has 1 saturated heterocycles. The summed E-state index contributed by atoms with van der Waals surface area (Å²) in [4.78, 5) is 12.4. The predicted molar refractivity (Wildman–Crippen MR) is 68.3 cm³/mol. The van der Waals surface area contributed by atoms with Gasteiger partial charge in [-0.15, -0.1) is 0 Å². The normalized spacial score (nSPS) is 24.1.